The average Bonchev–Trinajstić information content (AvgIpc) is 3.35. The molecule has 1 amide bonds. The highest BCUT2D eigenvalue weighted by atomic mass is 32.1. The molecule has 1 N–H and O–H groups in total. The highest BCUT2D eigenvalue weighted by Crippen LogP contribution is 2.44. The van der Waals surface area contributed by atoms with Gasteiger partial charge in [0.25, 0.3) is 5.78 Å². The number of nitrogens with zero attached hydrogens (tertiary/aromatic N) is 2. The third-order valence-corrected chi connectivity index (χ3v) is 6.80. The molecular formula is C25H21FN2O6S. The van der Waals surface area contributed by atoms with E-state index in [1.54, 1.807) is 32.0 Å². The van der Waals surface area contributed by atoms with Gasteiger partial charge < -0.3 is 14.6 Å². The summed E-state index contributed by atoms with van der Waals surface area (Å²) in [5.41, 5.74) is 1.53. The van der Waals surface area contributed by atoms with Gasteiger partial charge in [-0.1, -0.05) is 23.5 Å². The second-order valence-electron chi connectivity index (χ2n) is 7.81. The van der Waals surface area contributed by atoms with Crippen LogP contribution in [0, 0.1) is 19.7 Å². The highest BCUT2D eigenvalue weighted by molar-refractivity contribution is 7.17. The normalized spacial score (nSPS) is 17.1. The SMILES string of the molecule is COC(=O)c1sc(N2C(=O)C(=O)C(=C(O)c3ccc(OC)c(C)c3)[C@H]2c2ccc(F)cc2)nc1C. The van der Waals surface area contributed by atoms with Gasteiger partial charge in [-0.2, -0.15) is 0 Å². The van der Waals surface area contributed by atoms with Crippen LogP contribution in [0.3, 0.4) is 0 Å². The summed E-state index contributed by atoms with van der Waals surface area (Å²) < 4.78 is 23.7. The number of Topliss-reactive ketones (excluding diaryl/α,β-unsaturated/α-hetero) is 1. The monoisotopic (exact) mass is 496 g/mol. The Morgan fingerprint density at radius 3 is 2.40 bits per heavy atom. The number of methoxy groups -OCH3 is 2. The first-order chi connectivity index (χ1) is 16.7. The Kier molecular flexibility index (Phi) is 6.40. The molecule has 35 heavy (non-hydrogen) atoms. The van der Waals surface area contributed by atoms with E-state index in [2.05, 4.69) is 4.98 Å². The molecule has 0 saturated carbocycles. The molecule has 1 aliphatic rings. The summed E-state index contributed by atoms with van der Waals surface area (Å²) in [5.74, 6) is -2.81. The van der Waals surface area contributed by atoms with Crippen LogP contribution in [0.4, 0.5) is 9.52 Å². The first-order valence-corrected chi connectivity index (χ1v) is 11.3. The van der Waals surface area contributed by atoms with Crippen molar-refractivity contribution in [3.63, 3.8) is 0 Å². The lowest BCUT2D eigenvalue weighted by atomic mass is 9.95. The second kappa shape index (κ2) is 9.30. The number of aliphatic hydroxyl groups is 1. The Morgan fingerprint density at radius 1 is 1.11 bits per heavy atom. The molecule has 0 unspecified atom stereocenters. The number of anilines is 1. The van der Waals surface area contributed by atoms with Crippen molar-refractivity contribution in [2.24, 2.45) is 0 Å². The van der Waals surface area contributed by atoms with Gasteiger partial charge in [0.05, 0.1) is 31.5 Å². The minimum absolute atomic E-state index is 0.0734. The zero-order chi connectivity index (χ0) is 25.4. The zero-order valence-corrected chi connectivity index (χ0v) is 20.1. The number of aliphatic hydroxyl groups excluding tert-OH is 1. The number of amides is 1. The van der Waals surface area contributed by atoms with Gasteiger partial charge in [0.2, 0.25) is 0 Å². The fourth-order valence-corrected chi connectivity index (χ4v) is 4.95. The van der Waals surface area contributed by atoms with E-state index in [1.165, 1.54) is 38.5 Å². The fourth-order valence-electron chi connectivity index (χ4n) is 3.94. The van der Waals surface area contributed by atoms with Crippen LogP contribution in [0.5, 0.6) is 5.75 Å². The van der Waals surface area contributed by atoms with Crippen molar-refractivity contribution >= 4 is 39.9 Å². The number of thiazole rings is 1. The lowest BCUT2D eigenvalue weighted by molar-refractivity contribution is -0.132. The van der Waals surface area contributed by atoms with E-state index in [0.717, 1.165) is 16.2 Å². The van der Waals surface area contributed by atoms with Crippen LogP contribution in [-0.2, 0) is 14.3 Å². The maximum absolute atomic E-state index is 13.7. The first-order valence-electron chi connectivity index (χ1n) is 10.4. The van der Waals surface area contributed by atoms with Gasteiger partial charge in [0, 0.05) is 5.56 Å². The number of ketones is 1. The molecule has 1 aromatic heterocycles. The summed E-state index contributed by atoms with van der Waals surface area (Å²) in [6, 6.07) is 8.97. The summed E-state index contributed by atoms with van der Waals surface area (Å²) in [6.07, 6.45) is 0. The molecule has 1 saturated heterocycles. The molecule has 2 heterocycles. The van der Waals surface area contributed by atoms with Crippen LogP contribution < -0.4 is 9.64 Å². The summed E-state index contributed by atoms with van der Waals surface area (Å²) in [7, 11) is 2.74. The predicted octanol–water partition coefficient (Wildman–Crippen LogP) is 4.32. The number of halogens is 1. The maximum atomic E-state index is 13.7. The third kappa shape index (κ3) is 4.17. The zero-order valence-electron chi connectivity index (χ0n) is 19.3. The molecule has 2 aromatic carbocycles. The third-order valence-electron chi connectivity index (χ3n) is 5.66. The minimum atomic E-state index is -1.10. The average molecular weight is 497 g/mol. The molecule has 1 aliphatic heterocycles. The minimum Gasteiger partial charge on any atom is -0.507 e. The summed E-state index contributed by atoms with van der Waals surface area (Å²) in [5, 5.41) is 11.3. The molecule has 3 aromatic rings. The van der Waals surface area contributed by atoms with E-state index in [4.69, 9.17) is 9.47 Å². The van der Waals surface area contributed by atoms with Gasteiger partial charge in [0.1, 0.15) is 22.2 Å². The van der Waals surface area contributed by atoms with Crippen molar-refractivity contribution in [2.75, 3.05) is 19.1 Å². The molecule has 8 nitrogen and oxygen atoms in total. The predicted molar refractivity (Wildman–Crippen MR) is 127 cm³/mol. The maximum Gasteiger partial charge on any atom is 0.350 e. The molecule has 0 radical (unpaired) electrons. The van der Waals surface area contributed by atoms with Crippen molar-refractivity contribution in [3.8, 4) is 5.75 Å². The summed E-state index contributed by atoms with van der Waals surface area (Å²) in [6.45, 7) is 3.36. The van der Waals surface area contributed by atoms with Gasteiger partial charge in [-0.05, 0) is 55.3 Å². The van der Waals surface area contributed by atoms with Gasteiger partial charge >= 0.3 is 11.9 Å². The van der Waals surface area contributed by atoms with E-state index < -0.39 is 35.3 Å². The van der Waals surface area contributed by atoms with E-state index in [9.17, 15) is 23.9 Å². The number of benzene rings is 2. The Balaban J connectivity index is 1.93. The lowest BCUT2D eigenvalue weighted by Gasteiger charge is -2.23. The van der Waals surface area contributed by atoms with Crippen molar-refractivity contribution in [2.45, 2.75) is 19.9 Å². The number of ether oxygens (including phenoxy) is 2. The Hall–Kier alpha value is -4.05. The molecule has 1 atom stereocenters. The van der Waals surface area contributed by atoms with Gasteiger partial charge in [0.15, 0.2) is 5.13 Å². The van der Waals surface area contributed by atoms with Crippen molar-refractivity contribution in [3.05, 3.63) is 81.1 Å². The molecule has 0 bridgehead atoms. The first kappa shape index (κ1) is 24.1. The van der Waals surface area contributed by atoms with Crippen LogP contribution >= 0.6 is 11.3 Å². The van der Waals surface area contributed by atoms with Crippen LogP contribution in [0.2, 0.25) is 0 Å². The number of aromatic nitrogens is 1. The molecule has 1 fully saturated rings. The van der Waals surface area contributed by atoms with Crippen LogP contribution in [-0.4, -0.2) is 42.0 Å². The number of carbonyl (C=O) groups excluding carboxylic acids is 3. The summed E-state index contributed by atoms with van der Waals surface area (Å²) >= 11 is 0.886. The van der Waals surface area contributed by atoms with E-state index in [-0.39, 0.29) is 15.6 Å². The Labute approximate surface area is 204 Å². The Morgan fingerprint density at radius 2 is 1.80 bits per heavy atom. The molecule has 0 spiro atoms. The molecule has 4 rings (SSSR count). The molecular weight excluding hydrogens is 475 g/mol. The number of aryl methyl sites for hydroxylation is 2. The van der Waals surface area contributed by atoms with Gasteiger partial charge in [-0.15, -0.1) is 0 Å². The van der Waals surface area contributed by atoms with Gasteiger partial charge in [-0.25, -0.2) is 14.2 Å². The van der Waals surface area contributed by atoms with Crippen molar-refractivity contribution in [1.29, 1.82) is 0 Å². The van der Waals surface area contributed by atoms with E-state index in [1.807, 2.05) is 0 Å². The quantitative estimate of drug-likeness (QED) is 0.243. The molecule has 10 heteroatoms. The van der Waals surface area contributed by atoms with Crippen LogP contribution in [0.1, 0.15) is 38.1 Å². The summed E-state index contributed by atoms with van der Waals surface area (Å²) in [4.78, 5) is 44.2. The lowest BCUT2D eigenvalue weighted by Crippen LogP contribution is -2.29. The van der Waals surface area contributed by atoms with Crippen LogP contribution in [0.15, 0.2) is 48.0 Å². The number of esters is 1. The molecule has 180 valence electrons. The number of rotatable bonds is 5. The fraction of sp³-hybridized carbons (Fsp3) is 0.200. The van der Waals surface area contributed by atoms with Crippen molar-refractivity contribution in [1.82, 2.24) is 4.98 Å². The molecule has 0 aliphatic carbocycles. The topological polar surface area (TPSA) is 106 Å². The number of carbonyl (C=O) groups is 3. The smallest absolute Gasteiger partial charge is 0.350 e. The van der Waals surface area contributed by atoms with E-state index in [0.29, 0.717) is 28.1 Å². The van der Waals surface area contributed by atoms with E-state index >= 15 is 0 Å². The standard InChI is InChI=1S/C25H21FN2O6S/c1-12-11-15(7-10-17(12)33-3)20(29)18-19(14-5-8-16(26)9-6-14)28(23(31)21(18)30)25-27-13(2)22(35-25)24(32)34-4/h5-11,19,29H,1-4H3/t19-/m1/s1. The number of hydrogen-bond donors (Lipinski definition) is 1. The second-order valence-corrected chi connectivity index (χ2v) is 8.79. The van der Waals surface area contributed by atoms with Crippen molar-refractivity contribution < 1.29 is 33.4 Å². The largest absolute Gasteiger partial charge is 0.507 e. The highest BCUT2D eigenvalue weighted by Gasteiger charge is 2.48. The Bertz CT molecular complexity index is 1380. The van der Waals surface area contributed by atoms with Gasteiger partial charge in [-0.3, -0.25) is 14.5 Å². The number of hydrogen-bond acceptors (Lipinski definition) is 8. The van der Waals surface area contributed by atoms with Crippen LogP contribution in [0.25, 0.3) is 5.76 Å².